The molecule has 178 valence electrons. The largest absolute Gasteiger partial charge is 0.490 e. The molecule has 2 amide bonds. The molecule has 0 bridgehead atoms. The summed E-state index contributed by atoms with van der Waals surface area (Å²) in [6, 6.07) is 15.0. The van der Waals surface area contributed by atoms with E-state index in [9.17, 15) is 9.59 Å². The number of carbonyl (C=O) groups is 2. The van der Waals surface area contributed by atoms with E-state index in [4.69, 9.17) is 9.47 Å². The fraction of sp³-hybridized carbons (Fsp3) is 0.107. The zero-order valence-electron chi connectivity index (χ0n) is 19.2. The molecule has 1 saturated carbocycles. The summed E-state index contributed by atoms with van der Waals surface area (Å²) in [6.07, 6.45) is 11.4. The number of ether oxygens (including phenoxy) is 2. The lowest BCUT2D eigenvalue weighted by Gasteiger charge is -2.08. The van der Waals surface area contributed by atoms with Crippen molar-refractivity contribution in [2.45, 2.75) is 18.9 Å². The first-order chi connectivity index (χ1) is 17.7. The number of benzene rings is 2. The summed E-state index contributed by atoms with van der Waals surface area (Å²) in [6.45, 7) is 0. The van der Waals surface area contributed by atoms with Crippen LogP contribution in [0.4, 0.5) is 11.4 Å². The van der Waals surface area contributed by atoms with Crippen molar-refractivity contribution in [1.82, 2.24) is 5.32 Å². The highest BCUT2D eigenvalue weighted by Gasteiger charge is 2.36. The quantitative estimate of drug-likeness (QED) is 0.484. The molecule has 2 aromatic rings. The summed E-state index contributed by atoms with van der Waals surface area (Å²) in [7, 11) is 0. The fourth-order valence-corrected chi connectivity index (χ4v) is 3.95. The fourth-order valence-electron chi connectivity index (χ4n) is 3.95. The number of fused-ring (bicyclic) bond motifs is 4. The molecular formula is C28H22N4O4. The molecule has 2 aromatic carbocycles. The summed E-state index contributed by atoms with van der Waals surface area (Å²) in [5.74, 6) is -0.0474. The Balaban J connectivity index is 1.39. The highest BCUT2D eigenvalue weighted by molar-refractivity contribution is 6.28. The topological polar surface area (TPSA) is 101 Å². The third kappa shape index (κ3) is 4.56. The maximum Gasteiger partial charge on any atom is 0.258 e. The number of imide groups is 1. The molecular weight excluding hydrogens is 456 g/mol. The number of nitrogens with one attached hydrogen (secondary N) is 3. The smallest absolute Gasteiger partial charge is 0.258 e. The predicted molar refractivity (Wildman–Crippen MR) is 137 cm³/mol. The van der Waals surface area contributed by atoms with Gasteiger partial charge in [0.15, 0.2) is 0 Å². The van der Waals surface area contributed by atoms with Gasteiger partial charge in [-0.1, -0.05) is 36.4 Å². The van der Waals surface area contributed by atoms with Gasteiger partial charge in [-0.05, 0) is 35.4 Å². The molecule has 2 heterocycles. The van der Waals surface area contributed by atoms with Crippen molar-refractivity contribution in [3.63, 3.8) is 0 Å². The number of nitrogens with zero attached hydrogens (tertiary/aromatic N) is 1. The number of aliphatic imine (C=N–C) groups is 1. The van der Waals surface area contributed by atoms with Gasteiger partial charge in [0.05, 0.1) is 35.2 Å². The van der Waals surface area contributed by atoms with Gasteiger partial charge in [-0.15, -0.1) is 0 Å². The van der Waals surface area contributed by atoms with Crippen LogP contribution in [0.3, 0.4) is 0 Å². The Bertz CT molecular complexity index is 1460. The molecule has 2 aliphatic carbocycles. The molecule has 8 nitrogen and oxygen atoms in total. The summed E-state index contributed by atoms with van der Waals surface area (Å²) in [5.41, 5.74) is 5.55. The van der Waals surface area contributed by atoms with Gasteiger partial charge >= 0.3 is 0 Å². The molecule has 0 aromatic heterocycles. The molecule has 8 heteroatoms. The predicted octanol–water partition coefficient (Wildman–Crippen LogP) is 4.45. The van der Waals surface area contributed by atoms with Crippen LogP contribution in [0, 0.1) is 0 Å². The lowest BCUT2D eigenvalue weighted by atomic mass is 10.0. The van der Waals surface area contributed by atoms with Crippen molar-refractivity contribution in [1.29, 1.82) is 0 Å². The Morgan fingerprint density at radius 3 is 2.08 bits per heavy atom. The summed E-state index contributed by atoms with van der Waals surface area (Å²) >= 11 is 0. The third-order valence-corrected chi connectivity index (χ3v) is 6.00. The molecule has 3 N–H and O–H groups in total. The second-order valence-electron chi connectivity index (χ2n) is 8.56. The molecule has 4 aliphatic rings. The third-order valence-electron chi connectivity index (χ3n) is 6.00. The van der Waals surface area contributed by atoms with E-state index in [0.717, 1.165) is 52.5 Å². The van der Waals surface area contributed by atoms with Gasteiger partial charge in [-0.2, -0.15) is 0 Å². The first-order valence-corrected chi connectivity index (χ1v) is 11.6. The van der Waals surface area contributed by atoms with Gasteiger partial charge in [0.2, 0.25) is 0 Å². The number of para-hydroxylation sites is 2. The highest BCUT2D eigenvalue weighted by Crippen LogP contribution is 2.36. The molecule has 2 aliphatic heterocycles. The first-order valence-electron chi connectivity index (χ1n) is 11.6. The number of hydrogen-bond acceptors (Lipinski definition) is 7. The van der Waals surface area contributed by atoms with Gasteiger partial charge in [-0.3, -0.25) is 19.9 Å². The lowest BCUT2D eigenvalue weighted by Crippen LogP contribution is -2.19. The molecule has 2 fully saturated rings. The average molecular weight is 479 g/mol. The molecule has 1 saturated heterocycles. The van der Waals surface area contributed by atoms with E-state index in [1.54, 1.807) is 37.1 Å². The van der Waals surface area contributed by atoms with Crippen molar-refractivity contribution in [2.75, 3.05) is 10.6 Å². The average Bonchev–Trinajstić information content (AvgIpc) is 3.79. The number of anilines is 2. The standard InChI is InChI=1S/C28H22N4O4/c33-27-19-13-17-5-1-3-7-21(17)29-9-11-35-25-15-23(25)31-24-16-26(24)36-12-10-30-22-8-4-2-6-18(22)14-20(19)28(34)32-27/h1-14,25,29-30H,15-16H2,(H,32,33,34)/b11-9-,12-10+,19-13-,20-14+,31-23+. The summed E-state index contributed by atoms with van der Waals surface area (Å²) < 4.78 is 11.4. The molecule has 1 atom stereocenters. The van der Waals surface area contributed by atoms with Gasteiger partial charge in [0, 0.05) is 30.2 Å². The zero-order valence-corrected chi connectivity index (χ0v) is 19.2. The molecule has 0 spiro atoms. The number of amides is 2. The van der Waals surface area contributed by atoms with Crippen LogP contribution >= 0.6 is 0 Å². The van der Waals surface area contributed by atoms with Crippen LogP contribution in [0.5, 0.6) is 0 Å². The lowest BCUT2D eigenvalue weighted by molar-refractivity contribution is -0.123. The van der Waals surface area contributed by atoms with Crippen LogP contribution in [0.2, 0.25) is 0 Å². The first kappa shape index (κ1) is 21.7. The zero-order chi connectivity index (χ0) is 24.5. The second kappa shape index (κ2) is 9.07. The number of hydrogen-bond donors (Lipinski definition) is 3. The highest BCUT2D eigenvalue weighted by atomic mass is 16.5. The Morgan fingerprint density at radius 2 is 1.42 bits per heavy atom. The van der Waals surface area contributed by atoms with Crippen molar-refractivity contribution >= 4 is 41.1 Å². The molecule has 36 heavy (non-hydrogen) atoms. The second-order valence-corrected chi connectivity index (χ2v) is 8.56. The molecule has 6 rings (SSSR count). The minimum Gasteiger partial charge on any atom is -0.490 e. The summed E-state index contributed by atoms with van der Waals surface area (Å²) in [5, 5.41) is 8.80. The minimum absolute atomic E-state index is 0.0292. The van der Waals surface area contributed by atoms with E-state index in [-0.39, 0.29) is 6.10 Å². The van der Waals surface area contributed by atoms with E-state index >= 15 is 0 Å². The van der Waals surface area contributed by atoms with Gasteiger partial charge in [-0.25, -0.2) is 0 Å². The van der Waals surface area contributed by atoms with Crippen LogP contribution in [0.15, 0.2) is 101 Å². The van der Waals surface area contributed by atoms with Crippen molar-refractivity contribution in [3.8, 4) is 0 Å². The van der Waals surface area contributed by atoms with Gasteiger partial charge in [0.25, 0.3) is 11.8 Å². The SMILES string of the molecule is O=C1NC(=O)/C2=C/c3ccccc3N/C=C/OC3=C(C3)/N=C3\CC3O/C=C\Nc3ccccc3\C=C/12. The van der Waals surface area contributed by atoms with Crippen molar-refractivity contribution in [2.24, 2.45) is 4.99 Å². The minimum atomic E-state index is -0.439. The van der Waals surface area contributed by atoms with Crippen LogP contribution in [-0.4, -0.2) is 23.6 Å². The van der Waals surface area contributed by atoms with Crippen molar-refractivity contribution < 1.29 is 19.1 Å². The molecule has 1 unspecified atom stereocenters. The van der Waals surface area contributed by atoms with Crippen LogP contribution in [-0.2, 0) is 19.1 Å². The number of allylic oxidation sites excluding steroid dienone is 2. The number of rotatable bonds is 0. The summed E-state index contributed by atoms with van der Waals surface area (Å²) in [4.78, 5) is 30.0. The Hall–Kier alpha value is -4.85. The Labute approximate surface area is 207 Å². The van der Waals surface area contributed by atoms with Gasteiger partial charge in [0.1, 0.15) is 18.1 Å². The van der Waals surface area contributed by atoms with E-state index < -0.39 is 11.8 Å². The Morgan fingerprint density at radius 1 is 0.806 bits per heavy atom. The van der Waals surface area contributed by atoms with Crippen LogP contribution in [0.25, 0.3) is 12.2 Å². The molecule has 0 radical (unpaired) electrons. The monoisotopic (exact) mass is 478 g/mol. The van der Waals surface area contributed by atoms with E-state index in [2.05, 4.69) is 20.9 Å². The maximum atomic E-state index is 12.7. The van der Waals surface area contributed by atoms with Crippen molar-refractivity contribution in [3.05, 3.63) is 107 Å². The number of carbonyl (C=O) groups excluding carboxylic acids is 2. The Kier molecular flexibility index (Phi) is 5.46. The van der Waals surface area contributed by atoms with E-state index in [0.29, 0.717) is 11.1 Å². The van der Waals surface area contributed by atoms with Crippen LogP contribution < -0.4 is 16.0 Å². The normalized spacial score (nSPS) is 26.7. The van der Waals surface area contributed by atoms with Crippen LogP contribution in [0.1, 0.15) is 24.0 Å². The van der Waals surface area contributed by atoms with E-state index in [1.165, 1.54) is 0 Å². The van der Waals surface area contributed by atoms with Gasteiger partial charge < -0.3 is 20.1 Å². The maximum absolute atomic E-state index is 12.7. The van der Waals surface area contributed by atoms with E-state index in [1.807, 2.05) is 48.5 Å².